The Hall–Kier alpha value is -1.16. The number of ether oxygens (including phenoxy) is 1. The first-order chi connectivity index (χ1) is 7.84. The number of benzene rings is 1. The zero-order chi connectivity index (χ0) is 13.1. The van der Waals surface area contributed by atoms with E-state index in [0.29, 0.717) is 0 Å². The molecule has 17 heavy (non-hydrogen) atoms. The van der Waals surface area contributed by atoms with E-state index < -0.39 is 11.0 Å². The van der Waals surface area contributed by atoms with Crippen molar-refractivity contribution in [2.45, 2.75) is 32.4 Å². The van der Waals surface area contributed by atoms with Crippen LogP contribution >= 0.6 is 0 Å². The fourth-order valence-corrected chi connectivity index (χ4v) is 1.67. The van der Waals surface area contributed by atoms with Gasteiger partial charge in [0.15, 0.2) is 0 Å². The highest BCUT2D eigenvalue weighted by molar-refractivity contribution is 7.85. The smallest absolute Gasteiger partial charge is 0.144 e. The molecular weight excluding hydrogens is 234 g/mol. The second kappa shape index (κ2) is 5.45. The molecule has 0 aliphatic heterocycles. The summed E-state index contributed by atoms with van der Waals surface area (Å²) in [7, 11) is 0.398. The number of hydrogen-bond acceptors (Lipinski definition) is 2. The van der Waals surface area contributed by atoms with E-state index in [9.17, 15) is 4.21 Å². The first-order valence-corrected chi connectivity index (χ1v) is 6.56. The number of aryl methyl sites for hydroxylation is 1. The molecule has 0 aliphatic carbocycles. The maximum atomic E-state index is 11.8. The van der Waals surface area contributed by atoms with Gasteiger partial charge in [0.05, 0.1) is 11.9 Å². The molecule has 0 bridgehead atoms. The standard InChI is InChI=1S/C13H19NO2S/c1-10-6-7-12(16-5)8-11(10)9-14-17(15)13(2,3)4/h6-9H,1-5H3/t17-/m1/s1. The van der Waals surface area contributed by atoms with Crippen molar-refractivity contribution in [3.63, 3.8) is 0 Å². The summed E-state index contributed by atoms with van der Waals surface area (Å²) in [6, 6.07) is 5.74. The molecule has 0 saturated heterocycles. The van der Waals surface area contributed by atoms with Crippen molar-refractivity contribution in [3.8, 4) is 5.75 Å². The minimum Gasteiger partial charge on any atom is -0.497 e. The zero-order valence-corrected chi connectivity index (χ0v) is 11.8. The zero-order valence-electron chi connectivity index (χ0n) is 11.0. The van der Waals surface area contributed by atoms with Crippen molar-refractivity contribution in [1.29, 1.82) is 0 Å². The summed E-state index contributed by atoms with van der Waals surface area (Å²) in [6.07, 6.45) is 1.65. The molecule has 0 amide bonds. The molecule has 0 aromatic heterocycles. The lowest BCUT2D eigenvalue weighted by molar-refractivity contribution is 0.414. The molecule has 94 valence electrons. The van der Waals surface area contributed by atoms with Crippen molar-refractivity contribution in [2.75, 3.05) is 7.11 Å². The molecular formula is C13H19NO2S. The molecule has 0 N–H and O–H groups in total. The van der Waals surface area contributed by atoms with E-state index in [1.807, 2.05) is 45.9 Å². The van der Waals surface area contributed by atoms with Crippen molar-refractivity contribution in [1.82, 2.24) is 0 Å². The van der Waals surface area contributed by atoms with Crippen LogP contribution in [0, 0.1) is 6.92 Å². The van der Waals surface area contributed by atoms with E-state index in [0.717, 1.165) is 16.9 Å². The third-order valence-corrected chi connectivity index (χ3v) is 3.64. The van der Waals surface area contributed by atoms with Gasteiger partial charge in [-0.1, -0.05) is 6.07 Å². The monoisotopic (exact) mass is 253 g/mol. The van der Waals surface area contributed by atoms with E-state index in [1.54, 1.807) is 13.3 Å². The topological polar surface area (TPSA) is 38.7 Å². The van der Waals surface area contributed by atoms with Crippen LogP contribution in [-0.4, -0.2) is 22.3 Å². The van der Waals surface area contributed by atoms with Crippen LogP contribution in [0.2, 0.25) is 0 Å². The van der Waals surface area contributed by atoms with Gasteiger partial charge in [0.1, 0.15) is 16.7 Å². The Balaban J connectivity index is 2.95. The van der Waals surface area contributed by atoms with Gasteiger partial charge in [-0.25, -0.2) is 4.21 Å². The highest BCUT2D eigenvalue weighted by Crippen LogP contribution is 2.17. The maximum Gasteiger partial charge on any atom is 0.144 e. The summed E-state index contributed by atoms with van der Waals surface area (Å²) in [5.74, 6) is 0.776. The minimum atomic E-state index is -1.23. The van der Waals surface area contributed by atoms with Gasteiger partial charge in [0.2, 0.25) is 0 Å². The second-order valence-corrected chi connectivity index (χ2v) is 6.75. The molecule has 4 heteroatoms. The maximum absolute atomic E-state index is 11.8. The van der Waals surface area contributed by atoms with E-state index in [1.165, 1.54) is 0 Å². The van der Waals surface area contributed by atoms with Crippen LogP contribution < -0.4 is 4.74 Å². The van der Waals surface area contributed by atoms with E-state index in [2.05, 4.69) is 4.40 Å². The molecule has 0 unspecified atom stereocenters. The normalized spacial score (nSPS) is 13.9. The molecule has 0 aliphatic rings. The fraction of sp³-hybridized carbons (Fsp3) is 0.462. The summed E-state index contributed by atoms with van der Waals surface area (Å²) >= 11 is 0. The van der Waals surface area contributed by atoms with Crippen molar-refractivity contribution in [2.24, 2.45) is 4.40 Å². The van der Waals surface area contributed by atoms with Gasteiger partial charge in [-0.3, -0.25) is 0 Å². The Morgan fingerprint density at radius 3 is 2.53 bits per heavy atom. The molecule has 0 fully saturated rings. The van der Waals surface area contributed by atoms with Gasteiger partial charge in [-0.15, -0.1) is 0 Å². The summed E-state index contributed by atoms with van der Waals surface area (Å²) in [6.45, 7) is 7.69. The molecule has 3 nitrogen and oxygen atoms in total. The minimum absolute atomic E-state index is 0.330. The number of methoxy groups -OCH3 is 1. The molecule has 1 rings (SSSR count). The van der Waals surface area contributed by atoms with Crippen molar-refractivity contribution >= 4 is 17.2 Å². The molecule has 0 heterocycles. The summed E-state index contributed by atoms with van der Waals surface area (Å²) < 4.78 is 20.7. The SMILES string of the molecule is COc1ccc(C)c(C=N[S@](=O)C(C)(C)C)c1. The van der Waals surface area contributed by atoms with E-state index in [4.69, 9.17) is 4.74 Å². The predicted molar refractivity (Wildman–Crippen MR) is 73.2 cm³/mol. The molecule has 1 aromatic rings. The Kier molecular flexibility index (Phi) is 4.46. The third-order valence-electron chi connectivity index (χ3n) is 2.30. The van der Waals surface area contributed by atoms with Gasteiger partial charge in [0.25, 0.3) is 0 Å². The largest absolute Gasteiger partial charge is 0.497 e. The third kappa shape index (κ3) is 3.97. The summed E-state index contributed by atoms with van der Waals surface area (Å²) in [4.78, 5) is 0. The fourth-order valence-electron chi connectivity index (χ4n) is 1.15. The average molecular weight is 253 g/mol. The average Bonchev–Trinajstić information content (AvgIpc) is 2.26. The number of nitrogens with zero attached hydrogens (tertiary/aromatic N) is 1. The molecule has 0 radical (unpaired) electrons. The quantitative estimate of drug-likeness (QED) is 0.777. The highest BCUT2D eigenvalue weighted by atomic mass is 32.2. The molecule has 0 spiro atoms. The highest BCUT2D eigenvalue weighted by Gasteiger charge is 2.18. The van der Waals surface area contributed by atoms with Crippen LogP contribution in [0.3, 0.4) is 0 Å². The van der Waals surface area contributed by atoms with Crippen LogP contribution in [-0.2, 0) is 11.0 Å². The number of hydrogen-bond donors (Lipinski definition) is 0. The van der Waals surface area contributed by atoms with Crippen LogP contribution in [0.1, 0.15) is 31.9 Å². The molecule has 1 atom stereocenters. The second-order valence-electron chi connectivity index (χ2n) is 4.82. The summed E-state index contributed by atoms with van der Waals surface area (Å²) in [5, 5.41) is 0. The predicted octanol–water partition coefficient (Wildman–Crippen LogP) is 2.88. The van der Waals surface area contributed by atoms with Crippen molar-refractivity contribution < 1.29 is 8.95 Å². The van der Waals surface area contributed by atoms with Gasteiger partial charge in [-0.05, 0) is 45.4 Å². The Morgan fingerprint density at radius 1 is 1.35 bits per heavy atom. The lowest BCUT2D eigenvalue weighted by Gasteiger charge is -2.13. The van der Waals surface area contributed by atoms with E-state index >= 15 is 0 Å². The van der Waals surface area contributed by atoms with Gasteiger partial charge in [0, 0.05) is 11.8 Å². The molecule has 1 aromatic carbocycles. The van der Waals surface area contributed by atoms with Gasteiger partial charge < -0.3 is 4.74 Å². The Bertz CT molecular complexity index is 447. The molecule has 0 saturated carbocycles. The van der Waals surface area contributed by atoms with E-state index in [-0.39, 0.29) is 4.75 Å². The lowest BCUT2D eigenvalue weighted by atomic mass is 10.1. The van der Waals surface area contributed by atoms with Crippen LogP contribution in [0.25, 0.3) is 0 Å². The van der Waals surface area contributed by atoms with Crippen LogP contribution in [0.15, 0.2) is 22.6 Å². The lowest BCUT2D eigenvalue weighted by Crippen LogP contribution is -2.19. The number of rotatable bonds is 3. The van der Waals surface area contributed by atoms with Gasteiger partial charge >= 0.3 is 0 Å². The van der Waals surface area contributed by atoms with Crippen LogP contribution in [0.5, 0.6) is 5.75 Å². The summed E-state index contributed by atoms with van der Waals surface area (Å²) in [5.41, 5.74) is 2.02. The Labute approximate surface area is 106 Å². The first kappa shape index (κ1) is 13.9. The van der Waals surface area contributed by atoms with Gasteiger partial charge in [-0.2, -0.15) is 4.40 Å². The first-order valence-electron chi connectivity index (χ1n) is 5.45. The van der Waals surface area contributed by atoms with Crippen molar-refractivity contribution in [3.05, 3.63) is 29.3 Å². The Morgan fingerprint density at radius 2 is 2.00 bits per heavy atom. The van der Waals surface area contributed by atoms with Crippen LogP contribution in [0.4, 0.5) is 0 Å².